The molecule has 0 aliphatic heterocycles. The van der Waals surface area contributed by atoms with Crippen molar-refractivity contribution >= 4 is 44.6 Å². The Hall–Kier alpha value is -3.76. The maximum atomic E-state index is 13.5. The van der Waals surface area contributed by atoms with Gasteiger partial charge in [-0.15, -0.1) is 0 Å². The van der Waals surface area contributed by atoms with Gasteiger partial charge < -0.3 is 0 Å². The fourth-order valence-corrected chi connectivity index (χ4v) is 4.83. The van der Waals surface area contributed by atoms with Gasteiger partial charge in [0.1, 0.15) is 6.54 Å². The zero-order chi connectivity index (χ0) is 25.8. The highest BCUT2D eigenvalue weighted by Crippen LogP contribution is 2.29. The Morgan fingerprint density at radius 2 is 1.69 bits per heavy atom. The number of benzene rings is 3. The monoisotopic (exact) mass is 514 g/mol. The van der Waals surface area contributed by atoms with Crippen LogP contribution in [0.15, 0.2) is 76.7 Å². The van der Waals surface area contributed by atoms with Crippen LogP contribution in [-0.2, 0) is 14.8 Å². The molecule has 0 aliphatic carbocycles. The number of carbonyl (C=O) groups is 1. The summed E-state index contributed by atoms with van der Waals surface area (Å²) in [5.74, 6) is -0.679. The van der Waals surface area contributed by atoms with Crippen molar-refractivity contribution < 1.29 is 18.1 Å². The van der Waals surface area contributed by atoms with Gasteiger partial charge in [0.05, 0.1) is 21.2 Å². The summed E-state index contributed by atoms with van der Waals surface area (Å²) in [4.78, 5) is 23.1. The molecule has 35 heavy (non-hydrogen) atoms. The van der Waals surface area contributed by atoms with Crippen molar-refractivity contribution in [3.05, 3.63) is 98.6 Å². The van der Waals surface area contributed by atoms with Crippen LogP contribution in [-0.4, -0.2) is 31.5 Å². The molecule has 182 valence electrons. The molecule has 11 heteroatoms. The minimum atomic E-state index is -4.11. The molecule has 0 heterocycles. The molecule has 0 saturated carbocycles. The van der Waals surface area contributed by atoms with Gasteiger partial charge in [0.2, 0.25) is 0 Å². The predicted molar refractivity (Wildman–Crippen MR) is 135 cm³/mol. The Morgan fingerprint density at radius 1 is 1.06 bits per heavy atom. The molecule has 3 aromatic carbocycles. The summed E-state index contributed by atoms with van der Waals surface area (Å²) in [7, 11) is -4.11. The van der Waals surface area contributed by atoms with E-state index in [1.54, 1.807) is 38.1 Å². The number of sulfonamides is 1. The number of nitro groups is 1. The van der Waals surface area contributed by atoms with E-state index in [1.165, 1.54) is 42.5 Å². The minimum Gasteiger partial charge on any atom is -0.271 e. The van der Waals surface area contributed by atoms with E-state index in [0.717, 1.165) is 9.87 Å². The standard InChI is InChI=1S/C24H23ClN4O5S/c1-16-4-12-22(13-5-16)35(33,34)28(23-14-20(25)9-6-17(23)2)15-24(30)27-26-18(3)19-7-10-21(11-8-19)29(31)32/h4-14H,15H2,1-3H3,(H,27,30)/b26-18-. The molecule has 0 bridgehead atoms. The molecular weight excluding hydrogens is 492 g/mol. The third kappa shape index (κ3) is 6.23. The quantitative estimate of drug-likeness (QED) is 0.267. The van der Waals surface area contributed by atoms with Crippen LogP contribution < -0.4 is 9.73 Å². The zero-order valence-corrected chi connectivity index (χ0v) is 20.8. The average Bonchev–Trinajstić information content (AvgIpc) is 2.83. The van der Waals surface area contributed by atoms with Gasteiger partial charge in [-0.1, -0.05) is 35.4 Å². The fourth-order valence-electron chi connectivity index (χ4n) is 3.19. The Kier molecular flexibility index (Phi) is 7.88. The number of amides is 1. The van der Waals surface area contributed by atoms with Crippen LogP contribution in [0.25, 0.3) is 0 Å². The van der Waals surface area contributed by atoms with Crippen LogP contribution in [0, 0.1) is 24.0 Å². The normalized spacial score (nSPS) is 11.7. The number of hydrogen-bond donors (Lipinski definition) is 1. The number of non-ortho nitro benzene ring substituents is 1. The third-order valence-corrected chi connectivity index (χ3v) is 7.19. The van der Waals surface area contributed by atoms with Crippen LogP contribution in [0.1, 0.15) is 23.6 Å². The minimum absolute atomic E-state index is 0.0286. The second-order valence-electron chi connectivity index (χ2n) is 7.79. The Labute approximate surface area is 208 Å². The number of carbonyl (C=O) groups excluding carboxylic acids is 1. The van der Waals surface area contributed by atoms with Crippen LogP contribution in [0.2, 0.25) is 5.02 Å². The lowest BCUT2D eigenvalue weighted by molar-refractivity contribution is -0.384. The number of rotatable bonds is 8. The van der Waals surface area contributed by atoms with Gasteiger partial charge in [0.15, 0.2) is 0 Å². The van der Waals surface area contributed by atoms with Gasteiger partial charge in [-0.3, -0.25) is 19.2 Å². The predicted octanol–water partition coefficient (Wildman–Crippen LogP) is 4.60. The number of anilines is 1. The fraction of sp³-hybridized carbons (Fsp3) is 0.167. The van der Waals surface area contributed by atoms with Gasteiger partial charge in [-0.2, -0.15) is 5.10 Å². The van der Waals surface area contributed by atoms with Crippen LogP contribution in [0.4, 0.5) is 11.4 Å². The summed E-state index contributed by atoms with van der Waals surface area (Å²) in [6.07, 6.45) is 0. The second kappa shape index (κ2) is 10.7. The van der Waals surface area contributed by atoms with Crippen molar-refractivity contribution in [1.82, 2.24) is 5.43 Å². The van der Waals surface area contributed by atoms with Crippen molar-refractivity contribution in [1.29, 1.82) is 0 Å². The summed E-state index contributed by atoms with van der Waals surface area (Å²) >= 11 is 6.13. The summed E-state index contributed by atoms with van der Waals surface area (Å²) in [5.41, 5.74) is 5.02. The molecule has 0 aromatic heterocycles. The van der Waals surface area contributed by atoms with Crippen LogP contribution in [0.5, 0.6) is 0 Å². The van der Waals surface area contributed by atoms with Gasteiger partial charge >= 0.3 is 0 Å². The first-order valence-electron chi connectivity index (χ1n) is 10.4. The first kappa shape index (κ1) is 25.9. The van der Waals surface area contributed by atoms with Crippen molar-refractivity contribution in [3.8, 4) is 0 Å². The molecular formula is C24H23ClN4O5S. The van der Waals surface area contributed by atoms with Crippen molar-refractivity contribution in [2.45, 2.75) is 25.7 Å². The summed E-state index contributed by atoms with van der Waals surface area (Å²) in [6, 6.07) is 16.8. The molecule has 0 spiro atoms. The van der Waals surface area contributed by atoms with Crippen molar-refractivity contribution in [2.75, 3.05) is 10.8 Å². The number of nitrogens with zero attached hydrogens (tertiary/aromatic N) is 3. The highest BCUT2D eigenvalue weighted by molar-refractivity contribution is 7.92. The van der Waals surface area contributed by atoms with Gasteiger partial charge in [-0.05, 0) is 68.3 Å². The Morgan fingerprint density at radius 3 is 2.29 bits per heavy atom. The second-order valence-corrected chi connectivity index (χ2v) is 10.1. The number of nitro benzene ring substituents is 1. The average molecular weight is 515 g/mol. The molecule has 9 nitrogen and oxygen atoms in total. The maximum absolute atomic E-state index is 13.5. The highest BCUT2D eigenvalue weighted by atomic mass is 35.5. The molecule has 3 aromatic rings. The smallest absolute Gasteiger partial charge is 0.269 e. The van der Waals surface area contributed by atoms with Gasteiger partial charge in [0.25, 0.3) is 21.6 Å². The first-order chi connectivity index (χ1) is 16.5. The van der Waals surface area contributed by atoms with E-state index in [4.69, 9.17) is 11.6 Å². The number of nitrogens with one attached hydrogen (secondary N) is 1. The number of hydrazone groups is 1. The van der Waals surface area contributed by atoms with Crippen molar-refractivity contribution in [3.63, 3.8) is 0 Å². The largest absolute Gasteiger partial charge is 0.271 e. The van der Waals surface area contributed by atoms with Crippen LogP contribution in [0.3, 0.4) is 0 Å². The molecule has 0 unspecified atom stereocenters. The van der Waals surface area contributed by atoms with Gasteiger partial charge in [0, 0.05) is 17.2 Å². The molecule has 1 N–H and O–H groups in total. The SMILES string of the molecule is C/C(=N/NC(=O)CN(c1cc(Cl)ccc1C)S(=O)(=O)c1ccc(C)cc1)c1ccc([N+](=O)[O-])cc1. The Balaban J connectivity index is 1.89. The van der Waals surface area contributed by atoms with E-state index in [-0.39, 0.29) is 16.3 Å². The first-order valence-corrected chi connectivity index (χ1v) is 12.2. The lowest BCUT2D eigenvalue weighted by Gasteiger charge is -2.25. The molecule has 0 aliphatic rings. The number of hydrogen-bond acceptors (Lipinski definition) is 6. The van der Waals surface area contributed by atoms with E-state index in [9.17, 15) is 23.3 Å². The number of halogens is 1. The van der Waals surface area contributed by atoms with Crippen molar-refractivity contribution in [2.24, 2.45) is 5.10 Å². The lowest BCUT2D eigenvalue weighted by atomic mass is 10.1. The summed E-state index contributed by atoms with van der Waals surface area (Å²) in [5, 5.41) is 15.2. The van der Waals surface area contributed by atoms with E-state index >= 15 is 0 Å². The molecule has 3 rings (SSSR count). The van der Waals surface area contributed by atoms with Gasteiger partial charge in [-0.25, -0.2) is 13.8 Å². The summed E-state index contributed by atoms with van der Waals surface area (Å²) in [6.45, 7) is 4.63. The van der Waals surface area contributed by atoms with E-state index in [0.29, 0.717) is 21.9 Å². The number of aryl methyl sites for hydroxylation is 2. The van der Waals surface area contributed by atoms with E-state index < -0.39 is 27.4 Å². The zero-order valence-electron chi connectivity index (χ0n) is 19.2. The molecule has 1 amide bonds. The summed E-state index contributed by atoms with van der Waals surface area (Å²) < 4.78 is 28.0. The highest BCUT2D eigenvalue weighted by Gasteiger charge is 2.28. The third-order valence-electron chi connectivity index (χ3n) is 5.18. The molecule has 0 fully saturated rings. The topological polar surface area (TPSA) is 122 Å². The lowest BCUT2D eigenvalue weighted by Crippen LogP contribution is -2.40. The van der Waals surface area contributed by atoms with E-state index in [2.05, 4.69) is 10.5 Å². The van der Waals surface area contributed by atoms with Crippen LogP contribution >= 0.6 is 11.6 Å². The molecule has 0 radical (unpaired) electrons. The maximum Gasteiger partial charge on any atom is 0.269 e. The molecule has 0 atom stereocenters. The molecule has 0 saturated heterocycles. The Bertz CT molecular complexity index is 1390. The van der Waals surface area contributed by atoms with E-state index in [1.807, 2.05) is 6.92 Å².